The first kappa shape index (κ1) is 15.5. The molecule has 0 aromatic heterocycles. The molecule has 1 saturated carbocycles. The lowest BCUT2D eigenvalue weighted by molar-refractivity contribution is -0.149. The van der Waals surface area contributed by atoms with E-state index in [9.17, 15) is 19.1 Å². The number of carbonyl (C=O) groups excluding carboxylic acids is 1. The average Bonchev–Trinajstić information content (AvgIpc) is 2.47. The number of hydrogen-bond acceptors (Lipinski definition) is 2. The first-order valence-corrected chi connectivity index (χ1v) is 7.27. The number of amides is 1. The first-order valence-electron chi connectivity index (χ1n) is 7.27. The number of carboxylic acid groups (broad SMARTS) is 1. The van der Waals surface area contributed by atoms with Crippen molar-refractivity contribution in [2.45, 2.75) is 38.6 Å². The highest BCUT2D eigenvalue weighted by atomic mass is 19.1. The maximum absolute atomic E-state index is 13.2. The monoisotopic (exact) mass is 293 g/mol. The van der Waals surface area contributed by atoms with E-state index in [0.717, 1.165) is 12.8 Å². The molecule has 1 aromatic carbocycles. The highest BCUT2D eigenvalue weighted by Gasteiger charge is 2.36. The third-order valence-corrected chi connectivity index (χ3v) is 4.13. The van der Waals surface area contributed by atoms with E-state index in [1.54, 1.807) is 19.1 Å². The quantitative estimate of drug-likeness (QED) is 0.897. The molecule has 1 aliphatic rings. The molecule has 4 nitrogen and oxygen atoms in total. The second-order valence-corrected chi connectivity index (χ2v) is 5.62. The topological polar surface area (TPSA) is 66.4 Å². The van der Waals surface area contributed by atoms with Gasteiger partial charge in [0.15, 0.2) is 0 Å². The van der Waals surface area contributed by atoms with Gasteiger partial charge in [-0.3, -0.25) is 9.59 Å². The van der Waals surface area contributed by atoms with Gasteiger partial charge in [0.2, 0.25) is 5.91 Å². The molecule has 2 rings (SSSR count). The van der Waals surface area contributed by atoms with E-state index in [1.807, 2.05) is 0 Å². The Hall–Kier alpha value is -1.91. The Balaban J connectivity index is 2.04. The Morgan fingerprint density at radius 1 is 1.29 bits per heavy atom. The van der Waals surface area contributed by atoms with Gasteiger partial charge in [-0.05, 0) is 37.5 Å². The number of aliphatic carboxylic acids is 1. The minimum Gasteiger partial charge on any atom is -0.481 e. The van der Waals surface area contributed by atoms with Crippen LogP contribution in [0.4, 0.5) is 4.39 Å². The van der Waals surface area contributed by atoms with E-state index < -0.39 is 17.8 Å². The van der Waals surface area contributed by atoms with Crippen molar-refractivity contribution in [2.75, 3.05) is 0 Å². The molecule has 114 valence electrons. The summed E-state index contributed by atoms with van der Waals surface area (Å²) in [5, 5.41) is 12.0. The van der Waals surface area contributed by atoms with Gasteiger partial charge in [0, 0.05) is 0 Å². The minimum absolute atomic E-state index is 0.251. The van der Waals surface area contributed by atoms with Crippen LogP contribution >= 0.6 is 0 Å². The summed E-state index contributed by atoms with van der Waals surface area (Å²) in [6.07, 6.45) is 2.86. The Kier molecular flexibility index (Phi) is 4.94. The van der Waals surface area contributed by atoms with Crippen LogP contribution in [0.3, 0.4) is 0 Å². The van der Waals surface area contributed by atoms with Crippen molar-refractivity contribution in [3.63, 3.8) is 0 Å². The number of carbonyl (C=O) groups is 2. The van der Waals surface area contributed by atoms with Crippen molar-refractivity contribution in [3.8, 4) is 0 Å². The summed E-state index contributed by atoms with van der Waals surface area (Å²) in [7, 11) is 0. The standard InChI is InChI=1S/C16H20FNO3/c1-10(11-5-4-6-12(17)9-11)18-15(19)13-7-2-3-8-14(13)16(20)21/h4-6,9-10,13-14H,2-3,7-8H2,1H3,(H,18,19)(H,20,21)/t10-,13?,14?/m1/s1. The molecule has 2 unspecified atom stereocenters. The lowest BCUT2D eigenvalue weighted by atomic mass is 9.78. The summed E-state index contributed by atoms with van der Waals surface area (Å²) in [6.45, 7) is 1.77. The van der Waals surface area contributed by atoms with Crippen molar-refractivity contribution in [1.29, 1.82) is 0 Å². The number of halogens is 1. The second kappa shape index (κ2) is 6.70. The van der Waals surface area contributed by atoms with E-state index in [0.29, 0.717) is 18.4 Å². The highest BCUT2D eigenvalue weighted by Crippen LogP contribution is 2.31. The van der Waals surface area contributed by atoms with E-state index in [-0.39, 0.29) is 17.8 Å². The molecule has 0 bridgehead atoms. The van der Waals surface area contributed by atoms with Crippen LogP contribution in [-0.4, -0.2) is 17.0 Å². The molecule has 1 amide bonds. The number of hydrogen-bond donors (Lipinski definition) is 2. The Morgan fingerprint density at radius 3 is 2.57 bits per heavy atom. The molecular formula is C16H20FNO3. The van der Waals surface area contributed by atoms with E-state index in [4.69, 9.17) is 0 Å². The molecule has 0 heterocycles. The summed E-state index contributed by atoms with van der Waals surface area (Å²) in [4.78, 5) is 23.6. The van der Waals surface area contributed by atoms with Gasteiger partial charge >= 0.3 is 5.97 Å². The van der Waals surface area contributed by atoms with Gasteiger partial charge in [-0.15, -0.1) is 0 Å². The van der Waals surface area contributed by atoms with Crippen LogP contribution in [0.2, 0.25) is 0 Å². The molecule has 1 aliphatic carbocycles. The number of carboxylic acids is 1. The van der Waals surface area contributed by atoms with E-state index >= 15 is 0 Å². The van der Waals surface area contributed by atoms with Gasteiger partial charge in [0.25, 0.3) is 0 Å². The largest absolute Gasteiger partial charge is 0.481 e. The van der Waals surface area contributed by atoms with Gasteiger partial charge < -0.3 is 10.4 Å². The fourth-order valence-corrected chi connectivity index (χ4v) is 2.92. The first-order chi connectivity index (χ1) is 9.99. The van der Waals surface area contributed by atoms with Crippen molar-refractivity contribution in [1.82, 2.24) is 5.32 Å². The van der Waals surface area contributed by atoms with Crippen molar-refractivity contribution >= 4 is 11.9 Å². The van der Waals surface area contributed by atoms with Gasteiger partial charge in [0.1, 0.15) is 5.82 Å². The van der Waals surface area contributed by atoms with Gasteiger partial charge in [-0.1, -0.05) is 25.0 Å². The van der Waals surface area contributed by atoms with Gasteiger partial charge in [0.05, 0.1) is 17.9 Å². The van der Waals surface area contributed by atoms with Crippen LogP contribution in [0.25, 0.3) is 0 Å². The second-order valence-electron chi connectivity index (χ2n) is 5.62. The molecule has 2 N–H and O–H groups in total. The third kappa shape index (κ3) is 3.80. The third-order valence-electron chi connectivity index (χ3n) is 4.13. The summed E-state index contributed by atoms with van der Waals surface area (Å²) in [6, 6.07) is 5.71. The van der Waals surface area contributed by atoms with Crippen LogP contribution in [0.5, 0.6) is 0 Å². The number of nitrogens with one attached hydrogen (secondary N) is 1. The molecule has 1 aromatic rings. The molecule has 0 aliphatic heterocycles. The summed E-state index contributed by atoms with van der Waals surface area (Å²) in [5.41, 5.74) is 0.672. The molecule has 21 heavy (non-hydrogen) atoms. The Bertz CT molecular complexity index is 532. The zero-order valence-electron chi connectivity index (χ0n) is 12.0. The molecule has 5 heteroatoms. The zero-order valence-corrected chi connectivity index (χ0v) is 12.0. The predicted octanol–water partition coefficient (Wildman–Crippen LogP) is 2.89. The maximum Gasteiger partial charge on any atom is 0.307 e. The lowest BCUT2D eigenvalue weighted by Gasteiger charge is -2.28. The molecule has 3 atom stereocenters. The normalized spacial score (nSPS) is 23.3. The predicted molar refractivity (Wildman–Crippen MR) is 76.0 cm³/mol. The summed E-state index contributed by atoms with van der Waals surface area (Å²) in [5.74, 6) is -2.62. The summed E-state index contributed by atoms with van der Waals surface area (Å²) >= 11 is 0. The van der Waals surface area contributed by atoms with Crippen LogP contribution in [0, 0.1) is 17.7 Å². The van der Waals surface area contributed by atoms with Gasteiger partial charge in [-0.25, -0.2) is 4.39 Å². The fraction of sp³-hybridized carbons (Fsp3) is 0.500. The van der Waals surface area contributed by atoms with Crippen molar-refractivity contribution < 1.29 is 19.1 Å². The SMILES string of the molecule is C[C@@H](NC(=O)C1CCCCC1C(=O)O)c1cccc(F)c1. The minimum atomic E-state index is -0.909. The lowest BCUT2D eigenvalue weighted by Crippen LogP contribution is -2.40. The number of benzene rings is 1. The average molecular weight is 293 g/mol. The van der Waals surface area contributed by atoms with E-state index in [2.05, 4.69) is 5.32 Å². The van der Waals surface area contributed by atoms with Crippen LogP contribution in [0.1, 0.15) is 44.2 Å². The van der Waals surface area contributed by atoms with Gasteiger partial charge in [-0.2, -0.15) is 0 Å². The smallest absolute Gasteiger partial charge is 0.307 e. The summed E-state index contributed by atoms with van der Waals surface area (Å²) < 4.78 is 13.2. The molecular weight excluding hydrogens is 273 g/mol. The number of rotatable bonds is 4. The maximum atomic E-state index is 13.2. The zero-order chi connectivity index (χ0) is 15.4. The Morgan fingerprint density at radius 2 is 1.95 bits per heavy atom. The highest BCUT2D eigenvalue weighted by molar-refractivity contribution is 5.85. The van der Waals surface area contributed by atoms with E-state index in [1.165, 1.54) is 12.1 Å². The fourth-order valence-electron chi connectivity index (χ4n) is 2.92. The molecule has 0 saturated heterocycles. The molecule has 1 fully saturated rings. The van der Waals surface area contributed by atoms with Crippen molar-refractivity contribution in [3.05, 3.63) is 35.6 Å². The molecule has 0 radical (unpaired) electrons. The molecule has 0 spiro atoms. The van der Waals surface area contributed by atoms with Crippen LogP contribution < -0.4 is 5.32 Å². The Labute approximate surface area is 123 Å². The van der Waals surface area contributed by atoms with Crippen LogP contribution in [0.15, 0.2) is 24.3 Å². The van der Waals surface area contributed by atoms with Crippen LogP contribution in [-0.2, 0) is 9.59 Å². The van der Waals surface area contributed by atoms with Crippen molar-refractivity contribution in [2.24, 2.45) is 11.8 Å².